The summed E-state index contributed by atoms with van der Waals surface area (Å²) < 4.78 is 25.8. The van der Waals surface area contributed by atoms with E-state index in [1.807, 2.05) is 6.07 Å². The number of pyridine rings is 1. The van der Waals surface area contributed by atoms with Crippen molar-refractivity contribution in [3.8, 4) is 34.3 Å². The minimum atomic E-state index is -0.239. The van der Waals surface area contributed by atoms with Gasteiger partial charge in [-0.3, -0.25) is 4.79 Å². The van der Waals surface area contributed by atoms with E-state index in [1.54, 1.807) is 7.11 Å². The van der Waals surface area contributed by atoms with Crippen LogP contribution in [0.1, 0.15) is 116 Å². The van der Waals surface area contributed by atoms with Crippen LogP contribution in [0.25, 0.3) is 22.0 Å². The van der Waals surface area contributed by atoms with Crippen LogP contribution < -0.4 is 41.2 Å². The van der Waals surface area contributed by atoms with E-state index in [0.29, 0.717) is 48.5 Å². The second kappa shape index (κ2) is 17.2. The number of carbonyl (C=O) groups excluding carboxylic acids is 1. The van der Waals surface area contributed by atoms with Crippen molar-refractivity contribution < 1.29 is 50.9 Å². The Morgan fingerprint density at radius 1 is 0.966 bits per heavy atom. The number of ether oxygens (including phenoxy) is 4. The largest absolute Gasteiger partial charge is 1.00 e. The molecule has 2 aliphatic heterocycles. The molecule has 10 heteroatoms. The van der Waals surface area contributed by atoms with Gasteiger partial charge in [-0.15, -0.1) is 0 Å². The highest BCUT2D eigenvalue weighted by atomic mass is 35.5. The summed E-state index contributed by atoms with van der Waals surface area (Å²) in [6.07, 6.45) is 16.8. The lowest BCUT2D eigenvalue weighted by Gasteiger charge is -2.62. The molecule has 6 aliphatic rings. The highest BCUT2D eigenvalue weighted by molar-refractivity contribution is 5.91. The fourth-order valence-electron chi connectivity index (χ4n) is 13.5. The van der Waals surface area contributed by atoms with Crippen molar-refractivity contribution in [1.82, 2.24) is 5.32 Å². The SMILES string of the molecule is COc1ccc2cc3[n+](cc2c1OCCCCCCNC(=O)CC[C@@H](C)[C@H]1CC[C@H]2[C@@H]4[C@@H](O)C[C@@H]5C[C@@H](O)CC[C@]5(C)[C@H]4CC[C@]12C)CCc1cc2c(cc1-3)OCO2.[Cl-]. The Balaban J connectivity index is 0.00000484. The Kier molecular flexibility index (Phi) is 12.4. The Hall–Kier alpha value is -3.27. The molecule has 0 spiro atoms. The number of aryl methyl sites for hydroxylation is 2. The highest BCUT2D eigenvalue weighted by Crippen LogP contribution is 2.68. The smallest absolute Gasteiger partial charge is 0.231 e. The van der Waals surface area contributed by atoms with E-state index in [2.05, 4.69) is 61.1 Å². The zero-order valence-corrected chi connectivity index (χ0v) is 36.5. The van der Waals surface area contributed by atoms with Crippen LogP contribution in [-0.4, -0.2) is 55.4 Å². The molecular weight excluding hydrogens is 764 g/mol. The van der Waals surface area contributed by atoms with Crippen LogP contribution in [0.3, 0.4) is 0 Å². The first-order valence-corrected chi connectivity index (χ1v) is 22.8. The number of unbranched alkanes of at least 4 members (excludes halogenated alkanes) is 3. The van der Waals surface area contributed by atoms with Crippen LogP contribution in [0, 0.1) is 46.3 Å². The first-order valence-electron chi connectivity index (χ1n) is 22.8. The number of hydrogen-bond acceptors (Lipinski definition) is 7. The van der Waals surface area contributed by atoms with Crippen LogP contribution in [-0.2, 0) is 17.8 Å². The van der Waals surface area contributed by atoms with Crippen LogP contribution >= 0.6 is 0 Å². The number of fused-ring (bicyclic) bond motifs is 10. The number of aromatic nitrogens is 1. The first-order chi connectivity index (χ1) is 28.1. The quantitative estimate of drug-likeness (QED) is 0.153. The molecule has 4 aliphatic carbocycles. The zero-order chi connectivity index (χ0) is 40.2. The molecule has 1 amide bonds. The predicted molar refractivity (Wildman–Crippen MR) is 224 cm³/mol. The summed E-state index contributed by atoms with van der Waals surface area (Å²) in [7, 11) is 1.70. The lowest BCUT2D eigenvalue weighted by molar-refractivity contribution is -0.686. The molecule has 322 valence electrons. The zero-order valence-electron chi connectivity index (χ0n) is 35.8. The third-order valence-electron chi connectivity index (χ3n) is 16.7. The number of aliphatic hydroxyl groups is 2. The number of carbonyl (C=O) groups is 1. The Morgan fingerprint density at radius 2 is 1.75 bits per heavy atom. The molecule has 2 aromatic carbocycles. The van der Waals surface area contributed by atoms with E-state index in [0.717, 1.165) is 111 Å². The summed E-state index contributed by atoms with van der Waals surface area (Å²) in [6, 6.07) is 10.6. The molecule has 3 heterocycles. The minimum absolute atomic E-state index is 0. The number of aliphatic hydroxyl groups excluding tert-OH is 2. The van der Waals surface area contributed by atoms with Crippen molar-refractivity contribution in [3.05, 3.63) is 42.1 Å². The number of rotatable bonds is 13. The van der Waals surface area contributed by atoms with Gasteiger partial charge >= 0.3 is 0 Å². The van der Waals surface area contributed by atoms with Gasteiger partial charge in [0.1, 0.15) is 0 Å². The Labute approximate surface area is 357 Å². The summed E-state index contributed by atoms with van der Waals surface area (Å²) in [5, 5.41) is 27.4. The summed E-state index contributed by atoms with van der Waals surface area (Å²) in [5.41, 5.74) is 4.14. The van der Waals surface area contributed by atoms with Gasteiger partial charge in [0.05, 0.1) is 36.9 Å². The van der Waals surface area contributed by atoms with Crippen LogP contribution in [0.5, 0.6) is 23.0 Å². The van der Waals surface area contributed by atoms with Crippen molar-refractivity contribution in [2.75, 3.05) is 27.1 Å². The topological polar surface area (TPSA) is 110 Å². The maximum Gasteiger partial charge on any atom is 0.231 e. The molecule has 0 radical (unpaired) electrons. The molecule has 0 saturated heterocycles. The summed E-state index contributed by atoms with van der Waals surface area (Å²) in [5.74, 6) is 6.46. The predicted octanol–water partition coefficient (Wildman–Crippen LogP) is 5.55. The van der Waals surface area contributed by atoms with E-state index in [1.165, 1.54) is 42.5 Å². The fraction of sp³-hybridized carbons (Fsp3) is 0.673. The molecule has 1 aromatic heterocycles. The first kappa shape index (κ1) is 42.4. The lowest BCUT2D eigenvalue weighted by Crippen LogP contribution is -3.00. The van der Waals surface area contributed by atoms with E-state index in [9.17, 15) is 15.0 Å². The van der Waals surface area contributed by atoms with Crippen molar-refractivity contribution in [2.45, 2.75) is 136 Å². The summed E-state index contributed by atoms with van der Waals surface area (Å²) >= 11 is 0. The molecule has 59 heavy (non-hydrogen) atoms. The molecule has 0 bridgehead atoms. The lowest BCUT2D eigenvalue weighted by atomic mass is 9.43. The van der Waals surface area contributed by atoms with E-state index in [-0.39, 0.29) is 48.1 Å². The second-order valence-electron chi connectivity index (χ2n) is 19.6. The molecule has 4 fully saturated rings. The molecule has 9 rings (SSSR count). The number of nitrogens with one attached hydrogen (secondary N) is 1. The van der Waals surface area contributed by atoms with Crippen molar-refractivity contribution >= 4 is 16.7 Å². The number of benzene rings is 2. The Bertz CT molecular complexity index is 2010. The minimum Gasteiger partial charge on any atom is -1.00 e. The van der Waals surface area contributed by atoms with Gasteiger partial charge in [0.25, 0.3) is 0 Å². The van der Waals surface area contributed by atoms with Gasteiger partial charge in [0.15, 0.2) is 35.7 Å². The van der Waals surface area contributed by atoms with Gasteiger partial charge in [-0.2, -0.15) is 4.57 Å². The van der Waals surface area contributed by atoms with Gasteiger partial charge in [0, 0.05) is 25.5 Å². The standard InChI is InChI=1S/C49H66N2O7.ClH/c1-30(37-11-12-38-46-39(16-19-49(37,38)3)48(2)18-15-34(52)25-33(48)26-41(46)53)9-14-45(54)50-20-7-5-6-8-22-56-47-36-28-51-21-17-32-24-43-44(58-29-57-43)27-35(32)40(51)23-31(36)10-13-42(47)55-4;/h10,13,23-24,27-28,30,33-34,37-39,41,46,52-53H,5-9,11-12,14-22,25-26,29H2,1-4H3;1H/t30-,33+,34+,37-,38+,39+,41+,46+,48+,49-;/m1./s1. The normalized spacial score (nSPS) is 31.8. The Morgan fingerprint density at radius 3 is 2.58 bits per heavy atom. The summed E-state index contributed by atoms with van der Waals surface area (Å²) in [6.45, 7) is 9.89. The average Bonchev–Trinajstić information content (AvgIpc) is 3.83. The van der Waals surface area contributed by atoms with Crippen LogP contribution in [0.15, 0.2) is 36.5 Å². The molecule has 10 atom stereocenters. The maximum absolute atomic E-state index is 13.0. The van der Waals surface area contributed by atoms with E-state index in [4.69, 9.17) is 18.9 Å². The van der Waals surface area contributed by atoms with Gasteiger partial charge in [-0.05, 0) is 152 Å². The average molecular weight is 832 g/mol. The van der Waals surface area contributed by atoms with Gasteiger partial charge in [-0.25, -0.2) is 0 Å². The van der Waals surface area contributed by atoms with Crippen molar-refractivity contribution in [1.29, 1.82) is 0 Å². The fourth-order valence-corrected chi connectivity index (χ4v) is 13.5. The number of nitrogens with zero attached hydrogens (tertiary/aromatic N) is 1. The van der Waals surface area contributed by atoms with E-state index < -0.39 is 0 Å². The highest BCUT2D eigenvalue weighted by Gasteiger charge is 2.62. The van der Waals surface area contributed by atoms with E-state index >= 15 is 0 Å². The third-order valence-corrected chi connectivity index (χ3v) is 16.7. The second-order valence-corrected chi connectivity index (χ2v) is 19.6. The number of methoxy groups -OCH3 is 1. The number of hydrogen-bond donors (Lipinski definition) is 3. The molecular formula is C49H67ClN2O7. The monoisotopic (exact) mass is 830 g/mol. The molecule has 3 N–H and O–H groups in total. The van der Waals surface area contributed by atoms with Crippen molar-refractivity contribution in [2.24, 2.45) is 46.3 Å². The van der Waals surface area contributed by atoms with Crippen LogP contribution in [0.4, 0.5) is 0 Å². The van der Waals surface area contributed by atoms with Crippen molar-refractivity contribution in [3.63, 3.8) is 0 Å². The summed E-state index contributed by atoms with van der Waals surface area (Å²) in [4.78, 5) is 13.0. The maximum atomic E-state index is 13.0. The molecule has 9 nitrogen and oxygen atoms in total. The van der Waals surface area contributed by atoms with Gasteiger partial charge in [-0.1, -0.05) is 33.6 Å². The molecule has 0 unspecified atom stereocenters. The number of amides is 1. The third kappa shape index (κ3) is 7.79. The van der Waals surface area contributed by atoms with Crippen LogP contribution in [0.2, 0.25) is 0 Å². The number of halogens is 1. The van der Waals surface area contributed by atoms with Gasteiger partial charge < -0.3 is 46.9 Å². The molecule has 4 saturated carbocycles. The molecule has 3 aromatic rings. The van der Waals surface area contributed by atoms with Gasteiger partial charge in [0.2, 0.25) is 18.4 Å².